The first-order valence-corrected chi connectivity index (χ1v) is 12.9. The average Bonchev–Trinajstić information content (AvgIpc) is 3.74. The molecule has 0 radical (unpaired) electrons. The topological polar surface area (TPSA) is 87.7 Å². The highest BCUT2D eigenvalue weighted by Crippen LogP contribution is 2.42. The quantitative estimate of drug-likeness (QED) is 0.646. The fraction of sp³-hybridized carbons (Fsp3) is 0.483. The van der Waals surface area contributed by atoms with Gasteiger partial charge in [-0.15, -0.1) is 0 Å². The minimum Gasteiger partial charge on any atom is -0.444 e. The van der Waals surface area contributed by atoms with Crippen molar-refractivity contribution in [2.24, 2.45) is 11.8 Å². The van der Waals surface area contributed by atoms with Crippen molar-refractivity contribution in [2.45, 2.75) is 63.1 Å². The zero-order valence-electron chi connectivity index (χ0n) is 21.1. The van der Waals surface area contributed by atoms with Crippen molar-refractivity contribution in [1.29, 1.82) is 0 Å². The fourth-order valence-electron chi connectivity index (χ4n) is 5.24. The third kappa shape index (κ3) is 5.55. The minimum atomic E-state index is -0.650. The van der Waals surface area contributed by atoms with Gasteiger partial charge in [-0.05, 0) is 44.7 Å². The Bertz CT molecular complexity index is 1040. The lowest BCUT2D eigenvalue weighted by Crippen LogP contribution is -2.43. The largest absolute Gasteiger partial charge is 0.444 e. The molecule has 7 nitrogen and oxygen atoms in total. The van der Waals surface area contributed by atoms with E-state index in [9.17, 15) is 14.4 Å². The van der Waals surface area contributed by atoms with Gasteiger partial charge in [0.25, 0.3) is 0 Å². The summed E-state index contributed by atoms with van der Waals surface area (Å²) in [4.78, 5) is 41.0. The highest BCUT2D eigenvalue weighted by atomic mass is 16.6. The Balaban J connectivity index is 1.24. The molecule has 0 aromatic heterocycles. The monoisotopic (exact) mass is 489 g/mol. The number of ether oxygens (including phenoxy) is 1. The van der Waals surface area contributed by atoms with Crippen LogP contribution < -0.4 is 10.6 Å². The fourth-order valence-corrected chi connectivity index (χ4v) is 5.24. The van der Waals surface area contributed by atoms with E-state index in [1.807, 2.05) is 57.2 Å². The minimum absolute atomic E-state index is 0.0603. The predicted octanol–water partition coefficient (Wildman–Crippen LogP) is 3.81. The molecule has 3 amide bonds. The van der Waals surface area contributed by atoms with Gasteiger partial charge in [0.05, 0.1) is 11.8 Å². The lowest BCUT2D eigenvalue weighted by molar-refractivity contribution is -0.133. The summed E-state index contributed by atoms with van der Waals surface area (Å²) in [5, 5.41) is 6.29. The van der Waals surface area contributed by atoms with E-state index < -0.39 is 23.5 Å². The summed E-state index contributed by atoms with van der Waals surface area (Å²) < 4.78 is 5.54. The third-order valence-electron chi connectivity index (χ3n) is 7.34. The Morgan fingerprint density at radius 1 is 0.750 bits per heavy atom. The van der Waals surface area contributed by atoms with E-state index in [1.54, 1.807) is 0 Å². The first-order chi connectivity index (χ1) is 17.2. The first kappa shape index (κ1) is 24.3. The van der Waals surface area contributed by atoms with Crippen LogP contribution in [0.4, 0.5) is 4.79 Å². The number of nitrogens with one attached hydrogen (secondary N) is 2. The lowest BCUT2D eigenvalue weighted by Gasteiger charge is -2.24. The van der Waals surface area contributed by atoms with Gasteiger partial charge >= 0.3 is 6.09 Å². The summed E-state index contributed by atoms with van der Waals surface area (Å²) >= 11 is 0. The molecule has 1 saturated heterocycles. The molecule has 0 spiro atoms. The molecule has 3 aliphatic rings. The number of amides is 3. The maximum atomic E-state index is 13.4. The SMILES string of the molecule is CC(C)(C)OC(=O)N1C[C@@H](C(=O)N[C@@H]2C[C@H]2c2ccccc2)[C@H](C(=O)N[C@@H]2C[C@H]2c2ccccc2)C1. The van der Waals surface area contributed by atoms with Crippen LogP contribution in [0.1, 0.15) is 56.6 Å². The Labute approximate surface area is 212 Å². The summed E-state index contributed by atoms with van der Waals surface area (Å²) in [5.41, 5.74) is 1.77. The van der Waals surface area contributed by atoms with Crippen molar-refractivity contribution in [3.63, 3.8) is 0 Å². The van der Waals surface area contributed by atoms with Gasteiger partial charge in [-0.25, -0.2) is 4.79 Å². The van der Waals surface area contributed by atoms with Crippen LogP contribution in [0.25, 0.3) is 0 Å². The van der Waals surface area contributed by atoms with Crippen LogP contribution >= 0.6 is 0 Å². The van der Waals surface area contributed by atoms with Gasteiger partial charge < -0.3 is 20.3 Å². The van der Waals surface area contributed by atoms with Crippen molar-refractivity contribution in [3.05, 3.63) is 71.8 Å². The molecule has 2 saturated carbocycles. The molecule has 190 valence electrons. The molecule has 2 N–H and O–H groups in total. The Hall–Kier alpha value is -3.35. The van der Waals surface area contributed by atoms with Gasteiger partial charge in [0.1, 0.15) is 5.60 Å². The van der Waals surface area contributed by atoms with Crippen molar-refractivity contribution in [2.75, 3.05) is 13.1 Å². The number of benzene rings is 2. The molecule has 3 fully saturated rings. The van der Waals surface area contributed by atoms with E-state index >= 15 is 0 Å². The van der Waals surface area contributed by atoms with Gasteiger partial charge in [0.2, 0.25) is 11.8 Å². The molecule has 0 bridgehead atoms. The van der Waals surface area contributed by atoms with E-state index in [0.717, 1.165) is 12.8 Å². The normalized spacial score (nSPS) is 28.8. The van der Waals surface area contributed by atoms with Crippen molar-refractivity contribution in [1.82, 2.24) is 15.5 Å². The molecule has 6 atom stereocenters. The van der Waals surface area contributed by atoms with Crippen molar-refractivity contribution in [3.8, 4) is 0 Å². The number of carbonyl (C=O) groups is 3. The van der Waals surface area contributed by atoms with Gasteiger partial charge in [-0.1, -0.05) is 60.7 Å². The molecule has 1 heterocycles. The van der Waals surface area contributed by atoms with Crippen LogP contribution in [0.2, 0.25) is 0 Å². The summed E-state index contributed by atoms with van der Waals surface area (Å²) in [5.74, 6) is -0.959. The summed E-state index contributed by atoms with van der Waals surface area (Å²) in [6.45, 7) is 5.78. The number of carbonyl (C=O) groups excluding carboxylic acids is 3. The number of hydrogen-bond donors (Lipinski definition) is 2. The molecule has 2 aromatic rings. The summed E-state index contributed by atoms with van der Waals surface area (Å²) in [7, 11) is 0. The van der Waals surface area contributed by atoms with Gasteiger partial charge in [-0.3, -0.25) is 9.59 Å². The molecule has 1 aliphatic heterocycles. The number of hydrogen-bond acceptors (Lipinski definition) is 4. The first-order valence-electron chi connectivity index (χ1n) is 12.9. The van der Waals surface area contributed by atoms with Gasteiger partial charge in [0.15, 0.2) is 0 Å². The molecule has 0 unspecified atom stereocenters. The molecule has 7 heteroatoms. The second-order valence-corrected chi connectivity index (χ2v) is 11.3. The van der Waals surface area contributed by atoms with E-state index in [4.69, 9.17) is 4.74 Å². The summed E-state index contributed by atoms with van der Waals surface area (Å²) in [6, 6.07) is 20.4. The van der Waals surface area contributed by atoms with Crippen LogP contribution in [-0.4, -0.2) is 53.6 Å². The Morgan fingerprint density at radius 2 is 1.17 bits per heavy atom. The molecular formula is C29H35N3O4. The molecule has 2 aliphatic carbocycles. The van der Waals surface area contributed by atoms with Crippen LogP contribution in [0.3, 0.4) is 0 Å². The van der Waals surface area contributed by atoms with E-state index in [0.29, 0.717) is 11.8 Å². The van der Waals surface area contributed by atoms with Crippen LogP contribution in [0.15, 0.2) is 60.7 Å². The van der Waals surface area contributed by atoms with Crippen LogP contribution in [0, 0.1) is 11.8 Å². The number of nitrogens with zero attached hydrogens (tertiary/aromatic N) is 1. The van der Waals surface area contributed by atoms with E-state index in [2.05, 4.69) is 34.9 Å². The molecular weight excluding hydrogens is 454 g/mol. The molecule has 2 aromatic carbocycles. The average molecular weight is 490 g/mol. The number of rotatable bonds is 6. The Morgan fingerprint density at radius 3 is 1.56 bits per heavy atom. The molecule has 5 rings (SSSR count). The zero-order chi connectivity index (χ0) is 25.4. The maximum Gasteiger partial charge on any atom is 0.410 e. The molecule has 36 heavy (non-hydrogen) atoms. The highest BCUT2D eigenvalue weighted by Gasteiger charge is 2.49. The summed E-state index contributed by atoms with van der Waals surface area (Å²) in [6.07, 6.45) is 1.28. The zero-order valence-corrected chi connectivity index (χ0v) is 21.1. The Kier molecular flexibility index (Phi) is 6.49. The maximum absolute atomic E-state index is 13.4. The van der Waals surface area contributed by atoms with Crippen molar-refractivity contribution < 1.29 is 19.1 Å². The predicted molar refractivity (Wildman–Crippen MR) is 136 cm³/mol. The standard InChI is InChI=1S/C29H35N3O4/c1-29(2,3)36-28(35)32-16-22(26(33)30-24-14-20(24)18-10-6-4-7-11-18)23(17-32)27(34)31-25-15-21(25)19-12-8-5-9-13-19/h4-13,20-25H,14-17H2,1-3H3,(H,30,33)(H,31,34)/t20-,21-,22+,23+,24+,25+/m0/s1. The van der Waals surface area contributed by atoms with E-state index in [-0.39, 0.29) is 37.0 Å². The number of likely N-dealkylation sites (tertiary alicyclic amines) is 1. The van der Waals surface area contributed by atoms with Crippen LogP contribution in [0.5, 0.6) is 0 Å². The van der Waals surface area contributed by atoms with E-state index in [1.165, 1.54) is 16.0 Å². The smallest absolute Gasteiger partial charge is 0.410 e. The second kappa shape index (κ2) is 9.60. The van der Waals surface area contributed by atoms with Crippen LogP contribution in [-0.2, 0) is 14.3 Å². The third-order valence-corrected chi connectivity index (χ3v) is 7.34. The highest BCUT2D eigenvalue weighted by molar-refractivity contribution is 5.90. The van der Waals surface area contributed by atoms with Gasteiger partial charge in [-0.2, -0.15) is 0 Å². The van der Waals surface area contributed by atoms with Gasteiger partial charge in [0, 0.05) is 37.0 Å². The lowest BCUT2D eigenvalue weighted by atomic mass is 9.94. The van der Waals surface area contributed by atoms with Crippen molar-refractivity contribution >= 4 is 17.9 Å². The second-order valence-electron chi connectivity index (χ2n) is 11.3.